The summed E-state index contributed by atoms with van der Waals surface area (Å²) in [4.78, 5) is 13.7. The first-order chi connectivity index (χ1) is 11.7. The van der Waals surface area contributed by atoms with Crippen LogP contribution in [0.25, 0.3) is 0 Å². The molecular formula is C21H25NO2. The van der Waals surface area contributed by atoms with Crippen molar-refractivity contribution in [2.75, 3.05) is 6.54 Å². The van der Waals surface area contributed by atoms with Gasteiger partial charge in [-0.2, -0.15) is 0 Å². The van der Waals surface area contributed by atoms with Crippen molar-refractivity contribution in [3.8, 4) is 0 Å². The summed E-state index contributed by atoms with van der Waals surface area (Å²) in [5.41, 5.74) is 2.61. The molecule has 3 rings (SSSR count). The largest absolute Gasteiger partial charge is 0.481 e. The minimum Gasteiger partial charge on any atom is -0.481 e. The molecule has 0 radical (unpaired) electrons. The molecule has 24 heavy (non-hydrogen) atoms. The van der Waals surface area contributed by atoms with Crippen molar-refractivity contribution < 1.29 is 9.90 Å². The third-order valence-corrected chi connectivity index (χ3v) is 4.90. The second kappa shape index (κ2) is 8.11. The molecule has 2 atom stereocenters. The van der Waals surface area contributed by atoms with Crippen LogP contribution < -0.4 is 0 Å². The van der Waals surface area contributed by atoms with E-state index in [1.807, 2.05) is 12.1 Å². The standard InChI is InChI=1S/C21H25NO2/c23-21(24)20-12-11-19(13-20)16-22(14-17-7-3-1-4-8-17)15-18-9-5-2-6-10-18/h1-10,19-20H,11-16H2,(H,23,24). The number of rotatable bonds is 7. The number of benzene rings is 2. The zero-order chi connectivity index (χ0) is 16.8. The van der Waals surface area contributed by atoms with Gasteiger partial charge in [0.25, 0.3) is 0 Å². The van der Waals surface area contributed by atoms with Gasteiger partial charge in [-0.25, -0.2) is 0 Å². The highest BCUT2D eigenvalue weighted by atomic mass is 16.4. The molecule has 0 bridgehead atoms. The average Bonchev–Trinajstić information content (AvgIpc) is 3.05. The maximum atomic E-state index is 11.2. The van der Waals surface area contributed by atoms with Crippen molar-refractivity contribution in [1.82, 2.24) is 4.90 Å². The Morgan fingerprint density at radius 1 is 0.917 bits per heavy atom. The Balaban J connectivity index is 1.66. The lowest BCUT2D eigenvalue weighted by Gasteiger charge is -2.26. The predicted molar refractivity (Wildman–Crippen MR) is 95.5 cm³/mol. The summed E-state index contributed by atoms with van der Waals surface area (Å²) in [6, 6.07) is 21.0. The van der Waals surface area contributed by atoms with E-state index < -0.39 is 5.97 Å². The zero-order valence-corrected chi connectivity index (χ0v) is 14.0. The number of hydrogen-bond acceptors (Lipinski definition) is 2. The fourth-order valence-corrected chi connectivity index (χ4v) is 3.70. The first kappa shape index (κ1) is 16.7. The quantitative estimate of drug-likeness (QED) is 0.830. The molecule has 2 aromatic carbocycles. The van der Waals surface area contributed by atoms with E-state index in [-0.39, 0.29) is 5.92 Å². The van der Waals surface area contributed by atoms with Gasteiger partial charge < -0.3 is 5.11 Å². The molecule has 0 saturated heterocycles. The van der Waals surface area contributed by atoms with Crippen LogP contribution in [0.5, 0.6) is 0 Å². The summed E-state index contributed by atoms with van der Waals surface area (Å²) >= 11 is 0. The van der Waals surface area contributed by atoms with Crippen LogP contribution in [-0.2, 0) is 17.9 Å². The highest BCUT2D eigenvalue weighted by Gasteiger charge is 2.30. The molecule has 126 valence electrons. The van der Waals surface area contributed by atoms with E-state index in [0.29, 0.717) is 5.92 Å². The van der Waals surface area contributed by atoms with Gasteiger partial charge in [0.05, 0.1) is 5.92 Å². The van der Waals surface area contributed by atoms with Gasteiger partial charge in [-0.15, -0.1) is 0 Å². The second-order valence-electron chi connectivity index (χ2n) is 6.86. The Morgan fingerprint density at radius 3 is 1.92 bits per heavy atom. The summed E-state index contributed by atoms with van der Waals surface area (Å²) in [5, 5.41) is 9.22. The lowest BCUT2D eigenvalue weighted by molar-refractivity contribution is -0.141. The molecule has 0 aliphatic heterocycles. The number of aliphatic carboxylic acids is 1. The summed E-state index contributed by atoms with van der Waals surface area (Å²) in [7, 11) is 0. The van der Waals surface area contributed by atoms with Crippen LogP contribution in [0.3, 0.4) is 0 Å². The van der Waals surface area contributed by atoms with E-state index in [2.05, 4.69) is 53.4 Å². The molecule has 3 nitrogen and oxygen atoms in total. The molecule has 1 N–H and O–H groups in total. The molecule has 3 heteroatoms. The van der Waals surface area contributed by atoms with Gasteiger partial charge in [0, 0.05) is 19.6 Å². The van der Waals surface area contributed by atoms with E-state index >= 15 is 0 Å². The number of carboxylic acid groups (broad SMARTS) is 1. The SMILES string of the molecule is O=C(O)C1CCC(CN(Cc2ccccc2)Cc2ccccc2)C1. The van der Waals surface area contributed by atoms with Crippen molar-refractivity contribution in [2.24, 2.45) is 11.8 Å². The van der Waals surface area contributed by atoms with Gasteiger partial charge in [-0.3, -0.25) is 9.69 Å². The average molecular weight is 323 g/mol. The monoisotopic (exact) mass is 323 g/mol. The zero-order valence-electron chi connectivity index (χ0n) is 14.0. The first-order valence-electron chi connectivity index (χ1n) is 8.73. The molecule has 1 aliphatic rings. The molecule has 1 saturated carbocycles. The molecule has 0 aromatic heterocycles. The van der Waals surface area contributed by atoms with Gasteiger partial charge in [0.15, 0.2) is 0 Å². The Kier molecular flexibility index (Phi) is 5.65. The molecule has 2 aromatic rings. The number of nitrogens with zero attached hydrogens (tertiary/aromatic N) is 1. The summed E-state index contributed by atoms with van der Waals surface area (Å²) in [5.74, 6) is -0.293. The summed E-state index contributed by atoms with van der Waals surface area (Å²) < 4.78 is 0. The Labute approximate surface area is 143 Å². The second-order valence-corrected chi connectivity index (χ2v) is 6.86. The molecule has 0 amide bonds. The van der Waals surface area contributed by atoms with Gasteiger partial charge in [0.1, 0.15) is 0 Å². The molecule has 0 spiro atoms. The van der Waals surface area contributed by atoms with E-state index in [1.165, 1.54) is 11.1 Å². The van der Waals surface area contributed by atoms with Crippen LogP contribution in [-0.4, -0.2) is 22.5 Å². The fourth-order valence-electron chi connectivity index (χ4n) is 3.70. The third kappa shape index (κ3) is 4.68. The van der Waals surface area contributed by atoms with Crippen LogP contribution in [0.1, 0.15) is 30.4 Å². The first-order valence-corrected chi connectivity index (χ1v) is 8.73. The van der Waals surface area contributed by atoms with Crippen LogP contribution in [0, 0.1) is 11.8 Å². The van der Waals surface area contributed by atoms with Crippen molar-refractivity contribution in [3.63, 3.8) is 0 Å². The minimum absolute atomic E-state index is 0.148. The smallest absolute Gasteiger partial charge is 0.306 e. The molecule has 1 aliphatic carbocycles. The van der Waals surface area contributed by atoms with E-state index in [0.717, 1.165) is 38.9 Å². The van der Waals surface area contributed by atoms with Crippen molar-refractivity contribution in [1.29, 1.82) is 0 Å². The number of carboxylic acids is 1. The van der Waals surface area contributed by atoms with E-state index in [4.69, 9.17) is 0 Å². The highest BCUT2D eigenvalue weighted by Crippen LogP contribution is 2.32. The molecule has 1 fully saturated rings. The Bertz CT molecular complexity index is 600. The molecule has 2 unspecified atom stereocenters. The Hall–Kier alpha value is -2.13. The fraction of sp³-hybridized carbons (Fsp3) is 0.381. The Morgan fingerprint density at radius 2 is 1.46 bits per heavy atom. The number of hydrogen-bond donors (Lipinski definition) is 1. The lowest BCUT2D eigenvalue weighted by Crippen LogP contribution is -2.28. The van der Waals surface area contributed by atoms with Gasteiger partial charge >= 0.3 is 5.97 Å². The highest BCUT2D eigenvalue weighted by molar-refractivity contribution is 5.70. The summed E-state index contributed by atoms with van der Waals surface area (Å²) in [6.45, 7) is 2.78. The van der Waals surface area contributed by atoms with Crippen molar-refractivity contribution >= 4 is 5.97 Å². The lowest BCUT2D eigenvalue weighted by atomic mass is 10.0. The van der Waals surface area contributed by atoms with Crippen molar-refractivity contribution in [3.05, 3.63) is 71.8 Å². The van der Waals surface area contributed by atoms with Gasteiger partial charge in [-0.1, -0.05) is 60.7 Å². The van der Waals surface area contributed by atoms with Crippen LogP contribution in [0.4, 0.5) is 0 Å². The van der Waals surface area contributed by atoms with Crippen LogP contribution in [0.15, 0.2) is 60.7 Å². The minimum atomic E-state index is -0.629. The van der Waals surface area contributed by atoms with Gasteiger partial charge in [0.2, 0.25) is 0 Å². The van der Waals surface area contributed by atoms with Crippen molar-refractivity contribution in [2.45, 2.75) is 32.4 Å². The maximum Gasteiger partial charge on any atom is 0.306 e. The normalized spacial score (nSPS) is 20.4. The third-order valence-electron chi connectivity index (χ3n) is 4.90. The van der Waals surface area contributed by atoms with E-state index in [9.17, 15) is 9.90 Å². The molecular weight excluding hydrogens is 298 g/mol. The number of carbonyl (C=O) groups is 1. The van der Waals surface area contributed by atoms with Gasteiger partial charge in [-0.05, 0) is 36.3 Å². The van der Waals surface area contributed by atoms with Crippen LogP contribution in [0.2, 0.25) is 0 Å². The maximum absolute atomic E-state index is 11.2. The topological polar surface area (TPSA) is 40.5 Å². The predicted octanol–water partition coefficient (Wildman–Crippen LogP) is 4.19. The van der Waals surface area contributed by atoms with Crippen LogP contribution >= 0.6 is 0 Å². The van der Waals surface area contributed by atoms with E-state index in [1.54, 1.807) is 0 Å². The summed E-state index contributed by atoms with van der Waals surface area (Å²) in [6.07, 6.45) is 2.66. The molecule has 0 heterocycles.